The number of rotatable bonds is 4. The fraction of sp³-hybridized carbons (Fsp3) is 0.231. The molecule has 1 heterocycles. The topological polar surface area (TPSA) is 34.9 Å². The molecular formula is C13H14N2OS. The highest BCUT2D eigenvalue weighted by molar-refractivity contribution is 7.98. The number of aldehydes is 1. The average Bonchev–Trinajstić information content (AvgIpc) is 2.65. The molecule has 0 fully saturated rings. The maximum absolute atomic E-state index is 10.7. The second kappa shape index (κ2) is 5.19. The van der Waals surface area contributed by atoms with Gasteiger partial charge in [0.05, 0.1) is 5.69 Å². The van der Waals surface area contributed by atoms with Gasteiger partial charge < -0.3 is 0 Å². The molecule has 17 heavy (non-hydrogen) atoms. The van der Waals surface area contributed by atoms with Gasteiger partial charge in [0.1, 0.15) is 6.29 Å². The highest BCUT2D eigenvalue weighted by Crippen LogP contribution is 2.23. The van der Waals surface area contributed by atoms with Crippen molar-refractivity contribution in [2.24, 2.45) is 7.05 Å². The van der Waals surface area contributed by atoms with Crippen molar-refractivity contribution in [1.29, 1.82) is 0 Å². The van der Waals surface area contributed by atoms with Crippen LogP contribution in [0.1, 0.15) is 21.7 Å². The molecule has 1 aromatic heterocycles. The fourth-order valence-electron chi connectivity index (χ4n) is 1.63. The van der Waals surface area contributed by atoms with E-state index in [-0.39, 0.29) is 0 Å². The molecule has 1 aromatic carbocycles. The molecule has 0 atom stereocenters. The summed E-state index contributed by atoms with van der Waals surface area (Å²) in [6, 6.07) is 9.71. The zero-order valence-electron chi connectivity index (χ0n) is 9.88. The summed E-state index contributed by atoms with van der Waals surface area (Å²) in [5.41, 5.74) is 2.94. The van der Waals surface area contributed by atoms with Crippen molar-refractivity contribution >= 4 is 18.0 Å². The molecule has 0 N–H and O–H groups in total. The van der Waals surface area contributed by atoms with Crippen molar-refractivity contribution in [2.75, 3.05) is 0 Å². The molecule has 0 radical (unpaired) electrons. The molecule has 3 nitrogen and oxygen atoms in total. The van der Waals surface area contributed by atoms with Crippen molar-refractivity contribution in [2.45, 2.75) is 17.6 Å². The van der Waals surface area contributed by atoms with Gasteiger partial charge in [-0.1, -0.05) is 12.1 Å². The number of hydrogen-bond acceptors (Lipinski definition) is 3. The number of hydrogen-bond donors (Lipinski definition) is 0. The number of benzene rings is 1. The van der Waals surface area contributed by atoms with Gasteiger partial charge in [0, 0.05) is 29.0 Å². The lowest BCUT2D eigenvalue weighted by Gasteiger charge is -2.02. The van der Waals surface area contributed by atoms with Crippen LogP contribution in [0.3, 0.4) is 0 Å². The monoisotopic (exact) mass is 246 g/mol. The summed E-state index contributed by atoms with van der Waals surface area (Å²) in [7, 11) is 1.95. The van der Waals surface area contributed by atoms with E-state index in [0.29, 0.717) is 0 Å². The Kier molecular flexibility index (Phi) is 3.64. The van der Waals surface area contributed by atoms with Crippen LogP contribution in [0.5, 0.6) is 0 Å². The Bertz CT molecular complexity index is 534. The van der Waals surface area contributed by atoms with Crippen LogP contribution in [-0.4, -0.2) is 16.1 Å². The fourth-order valence-corrected chi connectivity index (χ4v) is 2.61. The third kappa shape index (κ3) is 2.97. The first kappa shape index (κ1) is 11.9. The number of aromatic nitrogens is 2. The largest absolute Gasteiger partial charge is 0.298 e. The maximum Gasteiger partial charge on any atom is 0.150 e. The molecule has 0 spiro atoms. The SMILES string of the molecule is Cc1cc(CSc2cccc(C=O)c2)n(C)n1. The van der Waals surface area contributed by atoms with Crippen molar-refractivity contribution in [1.82, 2.24) is 9.78 Å². The van der Waals surface area contributed by atoms with Crippen molar-refractivity contribution in [3.8, 4) is 0 Å². The minimum Gasteiger partial charge on any atom is -0.298 e. The number of carbonyl (C=O) groups is 1. The van der Waals surface area contributed by atoms with E-state index in [1.165, 1.54) is 5.69 Å². The van der Waals surface area contributed by atoms with Gasteiger partial charge in [0.25, 0.3) is 0 Å². The predicted molar refractivity (Wildman–Crippen MR) is 69.3 cm³/mol. The van der Waals surface area contributed by atoms with Crippen molar-refractivity contribution < 1.29 is 4.79 Å². The molecule has 2 rings (SSSR count). The second-order valence-corrected chi connectivity index (χ2v) is 4.93. The van der Waals surface area contributed by atoms with Gasteiger partial charge in [-0.25, -0.2) is 0 Å². The van der Waals surface area contributed by atoms with E-state index in [0.717, 1.165) is 28.2 Å². The van der Waals surface area contributed by atoms with Crippen LogP contribution < -0.4 is 0 Å². The van der Waals surface area contributed by atoms with E-state index in [1.807, 2.05) is 42.9 Å². The third-order valence-corrected chi connectivity index (χ3v) is 3.51. The van der Waals surface area contributed by atoms with Gasteiger partial charge >= 0.3 is 0 Å². The second-order valence-electron chi connectivity index (χ2n) is 3.88. The van der Waals surface area contributed by atoms with Crippen LogP contribution in [0.25, 0.3) is 0 Å². The van der Waals surface area contributed by atoms with Gasteiger partial charge in [-0.15, -0.1) is 11.8 Å². The minimum atomic E-state index is 0.719. The van der Waals surface area contributed by atoms with Gasteiger partial charge in [0.2, 0.25) is 0 Å². The number of aryl methyl sites for hydroxylation is 2. The highest BCUT2D eigenvalue weighted by atomic mass is 32.2. The molecule has 2 aromatic rings. The maximum atomic E-state index is 10.7. The Labute approximate surface area is 105 Å². The van der Waals surface area contributed by atoms with Gasteiger partial charge in [-0.2, -0.15) is 5.10 Å². The molecule has 0 bridgehead atoms. The standard InChI is InChI=1S/C13H14N2OS/c1-10-6-12(15(2)14-10)9-17-13-5-3-4-11(7-13)8-16/h3-8H,9H2,1-2H3. The molecule has 88 valence electrons. The zero-order valence-corrected chi connectivity index (χ0v) is 10.7. The molecule has 0 aliphatic rings. The molecule has 0 saturated carbocycles. The summed E-state index contributed by atoms with van der Waals surface area (Å²) >= 11 is 1.71. The van der Waals surface area contributed by atoms with Gasteiger partial charge in [-0.3, -0.25) is 9.48 Å². The van der Waals surface area contributed by atoms with E-state index in [2.05, 4.69) is 11.2 Å². The first-order chi connectivity index (χ1) is 8.19. The van der Waals surface area contributed by atoms with Crippen LogP contribution in [0.4, 0.5) is 0 Å². The van der Waals surface area contributed by atoms with Crippen LogP contribution in [0.2, 0.25) is 0 Å². The summed E-state index contributed by atoms with van der Waals surface area (Å²) in [6.45, 7) is 1.99. The Hall–Kier alpha value is -1.55. The minimum absolute atomic E-state index is 0.719. The lowest BCUT2D eigenvalue weighted by Crippen LogP contribution is -1.96. The summed E-state index contributed by atoms with van der Waals surface area (Å²) < 4.78 is 1.89. The lowest BCUT2D eigenvalue weighted by molar-refractivity contribution is 0.112. The highest BCUT2D eigenvalue weighted by Gasteiger charge is 2.03. The van der Waals surface area contributed by atoms with Gasteiger partial charge in [0.15, 0.2) is 0 Å². The van der Waals surface area contributed by atoms with Crippen LogP contribution >= 0.6 is 11.8 Å². The normalized spacial score (nSPS) is 10.5. The molecule has 4 heteroatoms. The zero-order chi connectivity index (χ0) is 12.3. The first-order valence-corrected chi connectivity index (χ1v) is 6.35. The summed E-state index contributed by atoms with van der Waals surface area (Å²) in [4.78, 5) is 11.8. The first-order valence-electron chi connectivity index (χ1n) is 5.36. The number of nitrogens with zero attached hydrogens (tertiary/aromatic N) is 2. The average molecular weight is 246 g/mol. The number of carbonyl (C=O) groups excluding carboxylic acids is 1. The van der Waals surface area contributed by atoms with E-state index in [4.69, 9.17) is 0 Å². The summed E-state index contributed by atoms with van der Waals surface area (Å²) in [6.07, 6.45) is 0.873. The molecule has 0 aliphatic heterocycles. The predicted octanol–water partition coefficient (Wildman–Crippen LogP) is 2.83. The van der Waals surface area contributed by atoms with Crippen LogP contribution in [0.15, 0.2) is 35.2 Å². The Morgan fingerprint density at radius 2 is 2.24 bits per heavy atom. The molecule has 0 saturated heterocycles. The molecule has 0 aliphatic carbocycles. The molecule has 0 amide bonds. The summed E-state index contributed by atoms with van der Waals surface area (Å²) in [5.74, 6) is 0.861. The quantitative estimate of drug-likeness (QED) is 0.614. The Morgan fingerprint density at radius 1 is 1.41 bits per heavy atom. The Morgan fingerprint density at radius 3 is 2.88 bits per heavy atom. The number of thioether (sulfide) groups is 1. The van der Waals surface area contributed by atoms with Crippen molar-refractivity contribution in [3.63, 3.8) is 0 Å². The lowest BCUT2D eigenvalue weighted by atomic mass is 10.2. The van der Waals surface area contributed by atoms with E-state index in [1.54, 1.807) is 11.8 Å². The van der Waals surface area contributed by atoms with E-state index < -0.39 is 0 Å². The Balaban J connectivity index is 2.06. The molecule has 0 unspecified atom stereocenters. The smallest absolute Gasteiger partial charge is 0.150 e. The van der Waals surface area contributed by atoms with Gasteiger partial charge in [-0.05, 0) is 25.1 Å². The van der Waals surface area contributed by atoms with Crippen LogP contribution in [0, 0.1) is 6.92 Å². The van der Waals surface area contributed by atoms with Crippen LogP contribution in [-0.2, 0) is 12.8 Å². The van der Waals surface area contributed by atoms with E-state index >= 15 is 0 Å². The molecular weight excluding hydrogens is 232 g/mol. The third-order valence-electron chi connectivity index (χ3n) is 2.48. The van der Waals surface area contributed by atoms with E-state index in [9.17, 15) is 4.79 Å². The summed E-state index contributed by atoms with van der Waals surface area (Å²) in [5, 5.41) is 4.30. The van der Waals surface area contributed by atoms with Crippen molar-refractivity contribution in [3.05, 3.63) is 47.3 Å².